The third-order valence-electron chi connectivity index (χ3n) is 1.81. The van der Waals surface area contributed by atoms with E-state index in [1.54, 1.807) is 0 Å². The highest BCUT2D eigenvalue weighted by Crippen LogP contribution is 2.21. The van der Waals surface area contributed by atoms with E-state index in [1.807, 2.05) is 24.3 Å². The van der Waals surface area contributed by atoms with Crippen LogP contribution >= 0.6 is 15.9 Å². The molecule has 0 aromatic heterocycles. The van der Waals surface area contributed by atoms with Gasteiger partial charge in [0.1, 0.15) is 0 Å². The highest BCUT2D eigenvalue weighted by atomic mass is 79.9. The zero-order chi connectivity index (χ0) is 11.3. The van der Waals surface area contributed by atoms with Crippen LogP contribution in [0.25, 0.3) is 0 Å². The second kappa shape index (κ2) is 5.39. The first kappa shape index (κ1) is 12.4. The van der Waals surface area contributed by atoms with Gasteiger partial charge in [0.05, 0.1) is 0 Å². The van der Waals surface area contributed by atoms with Gasteiger partial charge in [0.25, 0.3) is 0 Å². The third-order valence-corrected chi connectivity index (χ3v) is 2.34. The van der Waals surface area contributed by atoms with Gasteiger partial charge in [-0.1, -0.05) is 15.9 Å². The fourth-order valence-electron chi connectivity index (χ4n) is 1.09. The van der Waals surface area contributed by atoms with Crippen LogP contribution in [0.1, 0.15) is 12.8 Å². The highest BCUT2D eigenvalue weighted by Gasteiger charge is 2.25. The average Bonchev–Trinajstić information content (AvgIpc) is 2.14. The maximum absolute atomic E-state index is 11.8. The maximum Gasteiger partial charge on any atom is 0.389 e. The first-order valence-electron chi connectivity index (χ1n) is 4.53. The van der Waals surface area contributed by atoms with Crippen LogP contribution < -0.4 is 5.32 Å². The number of alkyl halides is 3. The minimum atomic E-state index is -4.05. The van der Waals surface area contributed by atoms with Crippen LogP contribution in [0.3, 0.4) is 0 Å². The predicted molar refractivity (Wildman–Crippen MR) is 57.9 cm³/mol. The first-order chi connectivity index (χ1) is 6.97. The minimum absolute atomic E-state index is 0.0968. The van der Waals surface area contributed by atoms with E-state index in [0.717, 1.165) is 10.2 Å². The molecule has 1 aromatic rings. The summed E-state index contributed by atoms with van der Waals surface area (Å²) >= 11 is 3.28. The van der Waals surface area contributed by atoms with Crippen molar-refractivity contribution in [2.24, 2.45) is 0 Å². The Balaban J connectivity index is 2.23. The van der Waals surface area contributed by atoms with Crippen LogP contribution in [-0.2, 0) is 0 Å². The zero-order valence-corrected chi connectivity index (χ0v) is 9.53. The molecule has 84 valence electrons. The molecule has 0 radical (unpaired) electrons. The molecule has 1 rings (SSSR count). The van der Waals surface area contributed by atoms with Crippen molar-refractivity contribution in [3.8, 4) is 0 Å². The van der Waals surface area contributed by atoms with Crippen molar-refractivity contribution in [2.75, 3.05) is 11.9 Å². The van der Waals surface area contributed by atoms with E-state index < -0.39 is 12.6 Å². The smallest absolute Gasteiger partial charge is 0.385 e. The topological polar surface area (TPSA) is 12.0 Å². The van der Waals surface area contributed by atoms with Gasteiger partial charge in [-0.15, -0.1) is 0 Å². The number of hydrogen-bond acceptors (Lipinski definition) is 1. The first-order valence-corrected chi connectivity index (χ1v) is 5.33. The van der Waals surface area contributed by atoms with Crippen LogP contribution in [0.15, 0.2) is 28.7 Å². The predicted octanol–water partition coefficient (Wildman–Crippen LogP) is 4.20. The fourth-order valence-corrected chi connectivity index (χ4v) is 1.35. The van der Waals surface area contributed by atoms with E-state index in [9.17, 15) is 13.2 Å². The summed E-state index contributed by atoms with van der Waals surface area (Å²) in [6.07, 6.45) is -4.70. The standard InChI is InChI=1S/C10H11BrF3N/c11-8-2-4-9(5-3-8)15-7-1-6-10(12,13)14/h2-5,15H,1,6-7H2. The van der Waals surface area contributed by atoms with Crippen LogP contribution in [0.2, 0.25) is 0 Å². The average molecular weight is 282 g/mol. The molecule has 0 saturated heterocycles. The fraction of sp³-hybridized carbons (Fsp3) is 0.400. The summed E-state index contributed by atoms with van der Waals surface area (Å²) in [7, 11) is 0. The Bertz CT molecular complexity index is 295. The number of benzene rings is 1. The van der Waals surface area contributed by atoms with E-state index >= 15 is 0 Å². The van der Waals surface area contributed by atoms with Crippen molar-refractivity contribution in [3.63, 3.8) is 0 Å². The molecule has 0 unspecified atom stereocenters. The molecule has 15 heavy (non-hydrogen) atoms. The van der Waals surface area contributed by atoms with Crippen molar-refractivity contribution in [2.45, 2.75) is 19.0 Å². The molecule has 0 bridgehead atoms. The van der Waals surface area contributed by atoms with Gasteiger partial charge in [-0.05, 0) is 30.7 Å². The molecule has 5 heteroatoms. The van der Waals surface area contributed by atoms with Crippen LogP contribution in [-0.4, -0.2) is 12.7 Å². The van der Waals surface area contributed by atoms with Crippen molar-refractivity contribution < 1.29 is 13.2 Å². The zero-order valence-electron chi connectivity index (χ0n) is 7.94. The number of rotatable bonds is 4. The monoisotopic (exact) mass is 281 g/mol. The van der Waals surface area contributed by atoms with Gasteiger partial charge in [0.15, 0.2) is 0 Å². The molecule has 0 aliphatic carbocycles. The van der Waals surface area contributed by atoms with E-state index in [4.69, 9.17) is 0 Å². The molecule has 1 N–H and O–H groups in total. The number of halogens is 4. The van der Waals surface area contributed by atoms with Crippen molar-refractivity contribution >= 4 is 21.6 Å². The molecule has 0 heterocycles. The number of hydrogen-bond donors (Lipinski definition) is 1. The molecule has 0 atom stereocenters. The number of anilines is 1. The molecular formula is C10H11BrF3N. The molecule has 1 aromatic carbocycles. The lowest BCUT2D eigenvalue weighted by Gasteiger charge is -2.08. The molecule has 0 saturated carbocycles. The molecule has 1 nitrogen and oxygen atoms in total. The van der Waals surface area contributed by atoms with Crippen LogP contribution in [0.4, 0.5) is 18.9 Å². The van der Waals surface area contributed by atoms with E-state index in [1.165, 1.54) is 0 Å². The van der Waals surface area contributed by atoms with Gasteiger partial charge in [-0.3, -0.25) is 0 Å². The van der Waals surface area contributed by atoms with E-state index in [-0.39, 0.29) is 6.42 Å². The quantitative estimate of drug-likeness (QED) is 0.816. The molecule has 0 amide bonds. The SMILES string of the molecule is FC(F)(F)CCCNc1ccc(Br)cc1. The van der Waals surface area contributed by atoms with Gasteiger partial charge in [-0.2, -0.15) is 13.2 Å². The number of nitrogens with one attached hydrogen (secondary N) is 1. The summed E-state index contributed by atoms with van der Waals surface area (Å²) in [6.45, 7) is 0.334. The van der Waals surface area contributed by atoms with Gasteiger partial charge >= 0.3 is 6.18 Å². The summed E-state index contributed by atoms with van der Waals surface area (Å²) in [5.41, 5.74) is 0.834. The molecule has 0 spiro atoms. The second-order valence-corrected chi connectivity index (χ2v) is 4.07. The maximum atomic E-state index is 11.8. The van der Waals surface area contributed by atoms with Gasteiger partial charge in [0.2, 0.25) is 0 Å². The lowest BCUT2D eigenvalue weighted by Crippen LogP contribution is -2.10. The summed E-state index contributed by atoms with van der Waals surface area (Å²) in [4.78, 5) is 0. The normalized spacial score (nSPS) is 11.5. The van der Waals surface area contributed by atoms with Gasteiger partial charge < -0.3 is 5.32 Å². The molecular weight excluding hydrogens is 271 g/mol. The van der Waals surface area contributed by atoms with Crippen molar-refractivity contribution in [1.82, 2.24) is 0 Å². The Morgan fingerprint density at radius 2 is 1.73 bits per heavy atom. The van der Waals surface area contributed by atoms with Crippen molar-refractivity contribution in [3.05, 3.63) is 28.7 Å². The second-order valence-electron chi connectivity index (χ2n) is 3.15. The Morgan fingerprint density at radius 1 is 1.13 bits per heavy atom. The lowest BCUT2D eigenvalue weighted by molar-refractivity contribution is -0.134. The Kier molecular flexibility index (Phi) is 4.45. The third kappa shape index (κ3) is 5.67. The van der Waals surface area contributed by atoms with Crippen LogP contribution in [0, 0.1) is 0 Å². The summed E-state index contributed by atoms with van der Waals surface area (Å²) < 4.78 is 36.3. The Morgan fingerprint density at radius 3 is 2.27 bits per heavy atom. The van der Waals surface area contributed by atoms with Crippen LogP contribution in [0.5, 0.6) is 0 Å². The summed E-state index contributed by atoms with van der Waals surface area (Å²) in [6, 6.07) is 7.31. The van der Waals surface area contributed by atoms with E-state index in [0.29, 0.717) is 6.54 Å². The summed E-state index contributed by atoms with van der Waals surface area (Å²) in [5, 5.41) is 2.92. The molecule has 0 fully saturated rings. The van der Waals surface area contributed by atoms with E-state index in [2.05, 4.69) is 21.2 Å². The van der Waals surface area contributed by atoms with Gasteiger partial charge in [0, 0.05) is 23.1 Å². The van der Waals surface area contributed by atoms with Gasteiger partial charge in [-0.25, -0.2) is 0 Å². The lowest BCUT2D eigenvalue weighted by atomic mass is 10.3. The largest absolute Gasteiger partial charge is 0.389 e. The highest BCUT2D eigenvalue weighted by molar-refractivity contribution is 9.10. The summed E-state index contributed by atoms with van der Waals surface area (Å²) in [5.74, 6) is 0. The Hall–Kier alpha value is -0.710. The molecule has 0 aliphatic heterocycles. The minimum Gasteiger partial charge on any atom is -0.385 e. The molecule has 0 aliphatic rings. The Labute approximate surface area is 94.8 Å². The van der Waals surface area contributed by atoms with Crippen molar-refractivity contribution in [1.29, 1.82) is 0 Å².